The van der Waals surface area contributed by atoms with Gasteiger partial charge in [-0.25, -0.2) is 0 Å². The standard InChI is InChI=1S/C29H33O2P/c1-24(2)20-22-30-32(31-23-21-25(3)4)29(26-14-8-5-9-15-26,27-16-10-6-11-17-27)28-18-12-7-13-19-28/h5-19H,1,3,20-23H2,2,4H3. The van der Waals surface area contributed by atoms with Gasteiger partial charge in [-0.05, 0) is 43.4 Å². The van der Waals surface area contributed by atoms with Gasteiger partial charge in [0.1, 0.15) is 5.16 Å². The van der Waals surface area contributed by atoms with Crippen molar-refractivity contribution in [3.63, 3.8) is 0 Å². The minimum atomic E-state index is -1.38. The quantitative estimate of drug-likeness (QED) is 0.159. The van der Waals surface area contributed by atoms with Crippen LogP contribution in [0.5, 0.6) is 0 Å². The molecule has 0 N–H and O–H groups in total. The fourth-order valence-electron chi connectivity index (χ4n) is 3.69. The van der Waals surface area contributed by atoms with E-state index >= 15 is 0 Å². The summed E-state index contributed by atoms with van der Waals surface area (Å²) in [4.78, 5) is 0. The Morgan fingerprint density at radius 3 is 1.22 bits per heavy atom. The van der Waals surface area contributed by atoms with Gasteiger partial charge in [-0.15, -0.1) is 13.2 Å². The van der Waals surface area contributed by atoms with Crippen molar-refractivity contribution in [3.8, 4) is 0 Å². The maximum absolute atomic E-state index is 6.62. The third kappa shape index (κ3) is 5.84. The first-order valence-corrected chi connectivity index (χ1v) is 12.2. The Labute approximate surface area is 194 Å². The van der Waals surface area contributed by atoms with E-state index in [1.807, 2.05) is 13.8 Å². The molecule has 32 heavy (non-hydrogen) atoms. The lowest BCUT2D eigenvalue weighted by molar-refractivity contribution is 0.242. The smallest absolute Gasteiger partial charge is 0.191 e. The Morgan fingerprint density at radius 1 is 0.625 bits per heavy atom. The minimum Gasteiger partial charge on any atom is -0.333 e. The van der Waals surface area contributed by atoms with Crippen LogP contribution in [0.15, 0.2) is 115 Å². The lowest BCUT2D eigenvalue weighted by Gasteiger charge is -2.41. The molecule has 0 fully saturated rings. The van der Waals surface area contributed by atoms with Gasteiger partial charge in [-0.3, -0.25) is 0 Å². The molecule has 0 saturated carbocycles. The van der Waals surface area contributed by atoms with Crippen molar-refractivity contribution in [2.45, 2.75) is 31.8 Å². The first kappa shape index (κ1) is 24.1. The molecule has 0 aliphatic carbocycles. The minimum absolute atomic E-state index is 0.566. The van der Waals surface area contributed by atoms with E-state index in [1.165, 1.54) is 0 Å². The molecule has 0 spiro atoms. The molecular weight excluding hydrogens is 411 g/mol. The van der Waals surface area contributed by atoms with Gasteiger partial charge in [0.2, 0.25) is 0 Å². The Morgan fingerprint density at radius 2 is 0.938 bits per heavy atom. The van der Waals surface area contributed by atoms with Crippen LogP contribution >= 0.6 is 8.38 Å². The van der Waals surface area contributed by atoms with Gasteiger partial charge < -0.3 is 9.05 Å². The van der Waals surface area contributed by atoms with Crippen LogP contribution in [0.3, 0.4) is 0 Å². The predicted octanol–water partition coefficient (Wildman–Crippen LogP) is 8.26. The molecule has 3 rings (SSSR count). The second kappa shape index (κ2) is 11.9. The second-order valence-electron chi connectivity index (χ2n) is 8.15. The van der Waals surface area contributed by atoms with E-state index in [0.717, 1.165) is 40.7 Å². The molecule has 3 aromatic rings. The molecule has 0 radical (unpaired) electrons. The molecule has 3 aromatic carbocycles. The zero-order valence-electron chi connectivity index (χ0n) is 19.2. The van der Waals surface area contributed by atoms with E-state index in [1.54, 1.807) is 0 Å². The molecule has 0 amide bonds. The zero-order valence-corrected chi connectivity index (χ0v) is 20.1. The highest BCUT2D eigenvalue weighted by atomic mass is 31.2. The van der Waals surface area contributed by atoms with E-state index in [-0.39, 0.29) is 0 Å². The highest BCUT2D eigenvalue weighted by Crippen LogP contribution is 2.64. The van der Waals surface area contributed by atoms with Gasteiger partial charge in [-0.1, -0.05) is 102 Å². The average molecular weight is 445 g/mol. The fraction of sp³-hybridized carbons (Fsp3) is 0.241. The topological polar surface area (TPSA) is 18.5 Å². The molecule has 0 saturated heterocycles. The summed E-state index contributed by atoms with van der Waals surface area (Å²) in [5.41, 5.74) is 5.69. The Kier molecular flexibility index (Phi) is 9.00. The van der Waals surface area contributed by atoms with Crippen LogP contribution < -0.4 is 0 Å². The lowest BCUT2D eigenvalue weighted by Crippen LogP contribution is -2.29. The molecule has 0 bridgehead atoms. The van der Waals surface area contributed by atoms with E-state index in [0.29, 0.717) is 13.2 Å². The lowest BCUT2D eigenvalue weighted by atomic mass is 9.84. The molecule has 166 valence electrons. The largest absolute Gasteiger partial charge is 0.333 e. The van der Waals surface area contributed by atoms with Crippen molar-refractivity contribution in [3.05, 3.63) is 132 Å². The monoisotopic (exact) mass is 444 g/mol. The number of hydrogen-bond donors (Lipinski definition) is 0. The molecule has 0 heterocycles. The van der Waals surface area contributed by atoms with E-state index < -0.39 is 13.5 Å². The first-order chi connectivity index (χ1) is 15.5. The highest BCUT2D eigenvalue weighted by molar-refractivity contribution is 7.49. The van der Waals surface area contributed by atoms with Crippen molar-refractivity contribution < 1.29 is 9.05 Å². The van der Waals surface area contributed by atoms with Crippen molar-refractivity contribution >= 4 is 8.38 Å². The summed E-state index contributed by atoms with van der Waals surface area (Å²) in [6, 6.07) is 31.8. The van der Waals surface area contributed by atoms with E-state index in [2.05, 4.69) is 104 Å². The third-order valence-corrected chi connectivity index (χ3v) is 7.48. The van der Waals surface area contributed by atoms with Crippen molar-refractivity contribution in [1.29, 1.82) is 0 Å². The maximum atomic E-state index is 6.62. The molecular formula is C29H33O2P. The molecule has 0 unspecified atom stereocenters. The van der Waals surface area contributed by atoms with Gasteiger partial charge in [0.05, 0.1) is 13.2 Å². The van der Waals surface area contributed by atoms with Crippen LogP contribution in [0.1, 0.15) is 43.4 Å². The molecule has 0 aliphatic rings. The molecule has 2 nitrogen and oxygen atoms in total. The van der Waals surface area contributed by atoms with Crippen LogP contribution in [-0.2, 0) is 14.2 Å². The van der Waals surface area contributed by atoms with Gasteiger partial charge in [0.15, 0.2) is 8.38 Å². The number of hydrogen-bond acceptors (Lipinski definition) is 2. The zero-order chi connectivity index (χ0) is 22.8. The molecule has 3 heteroatoms. The summed E-state index contributed by atoms with van der Waals surface area (Å²) in [6.07, 6.45) is 1.61. The third-order valence-electron chi connectivity index (χ3n) is 5.32. The van der Waals surface area contributed by atoms with E-state index in [9.17, 15) is 0 Å². The van der Waals surface area contributed by atoms with E-state index in [4.69, 9.17) is 9.05 Å². The normalized spacial score (nSPS) is 11.5. The SMILES string of the molecule is C=C(C)CCOP(OCCC(=C)C)C(c1ccccc1)(c1ccccc1)c1ccccc1. The van der Waals surface area contributed by atoms with Crippen LogP contribution in [-0.4, -0.2) is 13.2 Å². The summed E-state index contributed by atoms with van der Waals surface area (Å²) in [6.45, 7) is 13.3. The molecule has 0 aliphatic heterocycles. The van der Waals surface area contributed by atoms with Crippen molar-refractivity contribution in [1.82, 2.24) is 0 Å². The van der Waals surface area contributed by atoms with Gasteiger partial charge in [0.25, 0.3) is 0 Å². The Hall–Kier alpha value is -2.51. The van der Waals surface area contributed by atoms with Gasteiger partial charge in [-0.2, -0.15) is 0 Å². The Bertz CT molecular complexity index is 867. The molecule has 0 aromatic heterocycles. The molecule has 0 atom stereocenters. The summed E-state index contributed by atoms with van der Waals surface area (Å²) in [5, 5.41) is -0.566. The average Bonchev–Trinajstić information content (AvgIpc) is 2.81. The fourth-order valence-corrected chi connectivity index (χ4v) is 5.75. The predicted molar refractivity (Wildman–Crippen MR) is 137 cm³/mol. The second-order valence-corrected chi connectivity index (χ2v) is 9.85. The number of benzene rings is 3. The summed E-state index contributed by atoms with van der Waals surface area (Å²) in [5.74, 6) is 0. The summed E-state index contributed by atoms with van der Waals surface area (Å²) in [7, 11) is -1.38. The van der Waals surface area contributed by atoms with Crippen molar-refractivity contribution in [2.75, 3.05) is 13.2 Å². The van der Waals surface area contributed by atoms with Gasteiger partial charge in [0, 0.05) is 0 Å². The van der Waals surface area contributed by atoms with Gasteiger partial charge >= 0.3 is 0 Å². The van der Waals surface area contributed by atoms with Crippen molar-refractivity contribution in [2.24, 2.45) is 0 Å². The summed E-state index contributed by atoms with van der Waals surface area (Å²) >= 11 is 0. The summed E-state index contributed by atoms with van der Waals surface area (Å²) < 4.78 is 13.2. The van der Waals surface area contributed by atoms with Crippen LogP contribution in [0.2, 0.25) is 0 Å². The van der Waals surface area contributed by atoms with Crippen LogP contribution in [0, 0.1) is 0 Å². The number of rotatable bonds is 12. The van der Waals surface area contributed by atoms with Crippen LogP contribution in [0.4, 0.5) is 0 Å². The first-order valence-electron chi connectivity index (χ1n) is 11.1. The maximum Gasteiger partial charge on any atom is 0.191 e. The Balaban J connectivity index is 2.20. The van der Waals surface area contributed by atoms with Crippen LogP contribution in [0.25, 0.3) is 0 Å². The highest BCUT2D eigenvalue weighted by Gasteiger charge is 2.46.